The summed E-state index contributed by atoms with van der Waals surface area (Å²) in [6.45, 7) is 2.02. The fourth-order valence-electron chi connectivity index (χ4n) is 1.07. The van der Waals surface area contributed by atoms with E-state index in [0.717, 1.165) is 0 Å². The van der Waals surface area contributed by atoms with E-state index in [2.05, 4.69) is 15.0 Å². The highest BCUT2D eigenvalue weighted by molar-refractivity contribution is 8.14. The molecule has 0 bridgehead atoms. The van der Waals surface area contributed by atoms with Crippen LogP contribution in [0.3, 0.4) is 0 Å². The van der Waals surface area contributed by atoms with Crippen LogP contribution in [0.4, 0.5) is 0 Å². The lowest BCUT2D eigenvalue weighted by atomic mass is 10.2. The van der Waals surface area contributed by atoms with Crippen molar-refractivity contribution in [2.24, 2.45) is 15.9 Å². The van der Waals surface area contributed by atoms with Crippen LogP contribution in [-0.2, 0) is 14.4 Å². The van der Waals surface area contributed by atoms with Gasteiger partial charge in [-0.15, -0.1) is 0 Å². The lowest BCUT2D eigenvalue weighted by Gasteiger charge is -2.07. The molecule has 1 rings (SSSR count). The third-order valence-electron chi connectivity index (χ3n) is 1.66. The fourth-order valence-corrected chi connectivity index (χ4v) is 1.83. The summed E-state index contributed by atoms with van der Waals surface area (Å²) in [5.74, 6) is 0.0794. The molecule has 1 unspecified atom stereocenters. The van der Waals surface area contributed by atoms with Crippen LogP contribution >= 0.6 is 11.8 Å². The van der Waals surface area contributed by atoms with Crippen molar-refractivity contribution in [3.63, 3.8) is 0 Å². The van der Waals surface area contributed by atoms with Crippen LogP contribution in [0, 0.1) is 0 Å². The molecule has 0 radical (unpaired) electrons. The number of ether oxygens (including phenoxy) is 1. The van der Waals surface area contributed by atoms with Gasteiger partial charge in [0.2, 0.25) is 0 Å². The van der Waals surface area contributed by atoms with Crippen LogP contribution < -0.4 is 5.73 Å². The molecule has 1 aliphatic heterocycles. The Balaban J connectivity index is 2.75. The summed E-state index contributed by atoms with van der Waals surface area (Å²) in [7, 11) is 1.37. The number of aliphatic imine (C=N–C) groups is 1. The molecular weight excluding hydrogens is 218 g/mol. The van der Waals surface area contributed by atoms with E-state index in [0.29, 0.717) is 17.5 Å². The Morgan fingerprint density at radius 3 is 3.00 bits per heavy atom. The minimum atomic E-state index is -0.511. The van der Waals surface area contributed by atoms with Crippen LogP contribution in [-0.4, -0.2) is 42.4 Å². The van der Waals surface area contributed by atoms with Gasteiger partial charge in [-0.3, -0.25) is 4.99 Å². The van der Waals surface area contributed by atoms with Gasteiger partial charge in [0.05, 0.1) is 6.61 Å². The molecule has 0 fully saturated rings. The topological polar surface area (TPSA) is 86.3 Å². The molecule has 2 N–H and O–H groups in total. The van der Waals surface area contributed by atoms with Crippen molar-refractivity contribution >= 4 is 28.6 Å². The van der Waals surface area contributed by atoms with Crippen molar-refractivity contribution in [3.8, 4) is 0 Å². The summed E-state index contributed by atoms with van der Waals surface area (Å²) in [4.78, 5) is 20.1. The Bertz CT molecular complexity index is 304. The minimum Gasteiger partial charge on any atom is -0.461 e. The SMILES string of the molecule is CCOC(=O)C(=NOC)C1CSC(N)=N1. The first-order valence-corrected chi connectivity index (χ1v) is 5.41. The standard InChI is InChI=1S/C8H13N3O3S/c1-3-14-7(12)6(11-13-2)5-4-15-8(9)10-5/h5H,3-4H2,1-2H3,(H2,9,10). The average molecular weight is 231 g/mol. The van der Waals surface area contributed by atoms with Crippen molar-refractivity contribution in [1.29, 1.82) is 0 Å². The Morgan fingerprint density at radius 2 is 2.53 bits per heavy atom. The first kappa shape index (κ1) is 11.8. The van der Waals surface area contributed by atoms with E-state index in [4.69, 9.17) is 10.5 Å². The van der Waals surface area contributed by atoms with Gasteiger partial charge in [-0.05, 0) is 6.92 Å². The number of esters is 1. The van der Waals surface area contributed by atoms with E-state index in [1.165, 1.54) is 18.9 Å². The van der Waals surface area contributed by atoms with Gasteiger partial charge in [0.25, 0.3) is 0 Å². The van der Waals surface area contributed by atoms with Gasteiger partial charge in [-0.2, -0.15) is 0 Å². The van der Waals surface area contributed by atoms with Crippen LogP contribution in [0.1, 0.15) is 6.92 Å². The van der Waals surface area contributed by atoms with Crippen molar-refractivity contribution in [3.05, 3.63) is 0 Å². The Kier molecular flexibility index (Phi) is 4.41. The van der Waals surface area contributed by atoms with Crippen LogP contribution in [0.25, 0.3) is 0 Å². The highest BCUT2D eigenvalue weighted by atomic mass is 32.2. The number of thioether (sulfide) groups is 1. The molecule has 1 atom stereocenters. The average Bonchev–Trinajstić information content (AvgIpc) is 2.61. The molecule has 6 nitrogen and oxygen atoms in total. The summed E-state index contributed by atoms with van der Waals surface area (Å²) in [6.07, 6.45) is 0. The van der Waals surface area contributed by atoms with Gasteiger partial charge in [0, 0.05) is 5.75 Å². The molecule has 84 valence electrons. The van der Waals surface area contributed by atoms with Crippen molar-refractivity contribution in [2.75, 3.05) is 19.5 Å². The fraction of sp³-hybridized carbons (Fsp3) is 0.625. The number of amidine groups is 1. The third kappa shape index (κ3) is 3.12. The van der Waals surface area contributed by atoms with Crippen molar-refractivity contribution in [2.45, 2.75) is 13.0 Å². The monoisotopic (exact) mass is 231 g/mol. The highest BCUT2D eigenvalue weighted by Gasteiger charge is 2.29. The molecule has 7 heteroatoms. The number of carbonyl (C=O) groups excluding carboxylic acids is 1. The lowest BCUT2D eigenvalue weighted by molar-refractivity contribution is -0.135. The van der Waals surface area contributed by atoms with Gasteiger partial charge in [-0.1, -0.05) is 16.9 Å². The van der Waals surface area contributed by atoms with Gasteiger partial charge in [0.15, 0.2) is 10.9 Å². The summed E-state index contributed by atoms with van der Waals surface area (Å²) < 4.78 is 4.84. The number of hydrogen-bond donors (Lipinski definition) is 1. The number of oxime groups is 1. The first-order chi connectivity index (χ1) is 7.19. The molecule has 0 aromatic heterocycles. The second-order valence-electron chi connectivity index (χ2n) is 2.67. The van der Waals surface area contributed by atoms with E-state index in [1.807, 2.05) is 0 Å². The van der Waals surface area contributed by atoms with Crippen LogP contribution in [0.5, 0.6) is 0 Å². The molecule has 1 heterocycles. The Morgan fingerprint density at radius 1 is 1.80 bits per heavy atom. The maximum atomic E-state index is 11.5. The molecule has 0 saturated heterocycles. The molecule has 15 heavy (non-hydrogen) atoms. The minimum absolute atomic E-state index is 0.160. The number of hydrogen-bond acceptors (Lipinski definition) is 7. The van der Waals surface area contributed by atoms with Crippen LogP contribution in [0.2, 0.25) is 0 Å². The van der Waals surface area contributed by atoms with E-state index >= 15 is 0 Å². The summed E-state index contributed by atoms with van der Waals surface area (Å²) >= 11 is 1.38. The van der Waals surface area contributed by atoms with Crippen molar-refractivity contribution in [1.82, 2.24) is 0 Å². The normalized spacial score (nSPS) is 21.1. The highest BCUT2D eigenvalue weighted by Crippen LogP contribution is 2.16. The molecule has 0 aromatic carbocycles. The number of carbonyl (C=O) groups is 1. The van der Waals surface area contributed by atoms with Gasteiger partial charge < -0.3 is 15.3 Å². The molecule has 0 amide bonds. The van der Waals surface area contributed by atoms with E-state index in [-0.39, 0.29) is 11.8 Å². The number of nitrogens with two attached hydrogens (primary N) is 1. The zero-order valence-electron chi connectivity index (χ0n) is 8.60. The van der Waals surface area contributed by atoms with E-state index in [1.54, 1.807) is 6.92 Å². The molecule has 1 aliphatic rings. The smallest absolute Gasteiger partial charge is 0.358 e. The van der Waals surface area contributed by atoms with Crippen LogP contribution in [0.15, 0.2) is 10.1 Å². The Labute approximate surface area is 91.9 Å². The molecule has 0 saturated carbocycles. The maximum absolute atomic E-state index is 11.5. The largest absolute Gasteiger partial charge is 0.461 e. The van der Waals surface area contributed by atoms with E-state index in [9.17, 15) is 4.79 Å². The Hall–Kier alpha value is -1.24. The first-order valence-electron chi connectivity index (χ1n) is 4.43. The lowest BCUT2D eigenvalue weighted by Crippen LogP contribution is -2.30. The maximum Gasteiger partial charge on any atom is 0.358 e. The zero-order chi connectivity index (χ0) is 11.3. The summed E-state index contributed by atoms with van der Waals surface area (Å²) in [5.41, 5.74) is 5.66. The molecule has 0 aliphatic carbocycles. The third-order valence-corrected chi connectivity index (χ3v) is 2.55. The van der Waals surface area contributed by atoms with Gasteiger partial charge >= 0.3 is 5.97 Å². The quantitative estimate of drug-likeness (QED) is 0.417. The number of rotatable bonds is 4. The summed E-state index contributed by atoms with van der Waals surface area (Å²) in [5, 5.41) is 4.08. The predicted octanol–water partition coefficient (Wildman–Crippen LogP) is -0.0180. The van der Waals surface area contributed by atoms with E-state index < -0.39 is 5.97 Å². The second kappa shape index (κ2) is 5.59. The summed E-state index contributed by atoms with van der Waals surface area (Å²) in [6, 6.07) is -0.367. The van der Waals surface area contributed by atoms with Crippen molar-refractivity contribution < 1.29 is 14.4 Å². The number of nitrogens with zero attached hydrogens (tertiary/aromatic N) is 2. The zero-order valence-corrected chi connectivity index (χ0v) is 9.41. The van der Waals surface area contributed by atoms with Gasteiger partial charge in [0.1, 0.15) is 13.2 Å². The predicted molar refractivity (Wildman–Crippen MR) is 58.9 cm³/mol. The molecule has 0 spiro atoms. The molecular formula is C8H13N3O3S. The second-order valence-corrected chi connectivity index (χ2v) is 3.71. The van der Waals surface area contributed by atoms with Gasteiger partial charge in [-0.25, -0.2) is 4.79 Å². The molecule has 0 aromatic rings.